The van der Waals surface area contributed by atoms with Crippen molar-refractivity contribution in [3.05, 3.63) is 443 Å². The van der Waals surface area contributed by atoms with Gasteiger partial charge in [-0.15, -0.1) is 45.3 Å². The van der Waals surface area contributed by atoms with Crippen LogP contribution in [0.1, 0.15) is 97.3 Å². The molecule has 0 saturated carbocycles. The van der Waals surface area contributed by atoms with Gasteiger partial charge in [0.05, 0.1) is 57.1 Å². The number of pyridine rings is 2. The topological polar surface area (TPSA) is 226 Å². The number of nitrogens with one attached hydrogen (secondary N) is 1. The van der Waals surface area contributed by atoms with Crippen molar-refractivity contribution in [1.29, 1.82) is 0 Å². The molecule has 1 N–H and O–H groups in total. The van der Waals surface area contributed by atoms with Crippen LogP contribution in [-0.2, 0) is 68.0 Å². The molecule has 708 valence electrons. The van der Waals surface area contributed by atoms with Crippen LogP contribution in [0, 0.1) is 34.6 Å². The van der Waals surface area contributed by atoms with E-state index in [1.807, 2.05) is 343 Å². The lowest BCUT2D eigenvalue weighted by Gasteiger charge is -2.31. The summed E-state index contributed by atoms with van der Waals surface area (Å²) >= 11 is 12.5. The molecular weight excluding hydrogens is 1830 g/mol. The first kappa shape index (κ1) is 104. The normalized spacial score (nSPS) is 10.7. The SMILES string of the molecule is CCN(Cc1cccs1)C(=O)C(C)(C)Oc1ccc(C)cc1.CCN(Cc1ccoc1)C(=O)/C=C/c1ccc(C)cc1.Cc1ccc(OCC(=O)N(Cc2ccncc2)c2ccccc2)cc1.Cc1ccc(OCC(=O)N(Cc2sccc2C)c2ccccc2)cc1.O=C(/C=C/c1ccccc1)N(Cc1cccs1)c1cn[nH]c1.O=C(COc1cccc(Cl)c1)N(Cc1cccs1)c1ccccn1. The Balaban J connectivity index is 0.000000159. The third-order valence-corrected chi connectivity index (χ3v) is 24.8. The smallest absolute Gasteiger partial charge is 0.266 e. The Labute approximate surface area is 829 Å². The van der Waals surface area contributed by atoms with Crippen molar-refractivity contribution < 1.29 is 52.1 Å². The second-order valence-electron chi connectivity index (χ2n) is 32.0. The summed E-state index contributed by atoms with van der Waals surface area (Å²) in [7, 11) is 0. The number of amides is 6. The van der Waals surface area contributed by atoms with Gasteiger partial charge < -0.3 is 47.9 Å². The van der Waals surface area contributed by atoms with Crippen LogP contribution in [-0.4, -0.2) is 104 Å². The molecule has 0 saturated heterocycles. The number of thiophene rings is 4. The fourth-order valence-electron chi connectivity index (χ4n) is 13.3. The average molecular weight is 1940 g/mol. The quantitative estimate of drug-likeness (QED) is 0.0370. The Bertz CT molecular complexity index is 6330. The summed E-state index contributed by atoms with van der Waals surface area (Å²) in [5, 5.41) is 15.3. The zero-order valence-corrected chi connectivity index (χ0v) is 82.7. The highest BCUT2D eigenvalue weighted by Crippen LogP contribution is 2.29. The molecule has 16 aromatic rings. The molecule has 8 aromatic heterocycles. The number of hydrogen-bond acceptors (Lipinski definition) is 18. The molecule has 138 heavy (non-hydrogen) atoms. The van der Waals surface area contributed by atoms with E-state index in [4.69, 9.17) is 35.0 Å². The zero-order valence-electron chi connectivity index (χ0n) is 78.7. The van der Waals surface area contributed by atoms with Gasteiger partial charge in [0, 0.05) is 98.0 Å². The molecule has 0 unspecified atom stereocenters. The summed E-state index contributed by atoms with van der Waals surface area (Å²) in [4.78, 5) is 99.1. The third-order valence-electron chi connectivity index (χ3n) is 21.0. The molecule has 16 rings (SSSR count). The first-order valence-corrected chi connectivity index (χ1v) is 48.7. The monoisotopic (exact) mass is 1940 g/mol. The fourth-order valence-corrected chi connectivity index (χ4v) is 16.5. The minimum absolute atomic E-state index is 0.00368. The van der Waals surface area contributed by atoms with Crippen LogP contribution in [0.4, 0.5) is 22.9 Å². The number of nitrogens with zero attached hydrogens (tertiary/aromatic N) is 9. The van der Waals surface area contributed by atoms with Gasteiger partial charge in [0.2, 0.25) is 5.91 Å². The number of H-pyrrole nitrogens is 1. The maximum absolute atomic E-state index is 12.8. The first-order chi connectivity index (χ1) is 67.0. The highest BCUT2D eigenvalue weighted by molar-refractivity contribution is 7.10. The van der Waals surface area contributed by atoms with E-state index in [9.17, 15) is 28.8 Å². The Morgan fingerprint density at radius 2 is 0.913 bits per heavy atom. The van der Waals surface area contributed by atoms with Gasteiger partial charge in [-0.1, -0.05) is 192 Å². The molecule has 0 atom stereocenters. The maximum atomic E-state index is 12.8. The van der Waals surface area contributed by atoms with Crippen molar-refractivity contribution >= 4 is 127 Å². The Hall–Kier alpha value is -14.9. The number of anilines is 4. The maximum Gasteiger partial charge on any atom is 0.266 e. The lowest BCUT2D eigenvalue weighted by atomic mass is 10.1. The second-order valence-corrected chi connectivity index (χ2v) is 36.5. The van der Waals surface area contributed by atoms with Crippen molar-refractivity contribution in [2.75, 3.05) is 52.5 Å². The van der Waals surface area contributed by atoms with Crippen molar-refractivity contribution in [3.8, 4) is 23.0 Å². The lowest BCUT2D eigenvalue weighted by molar-refractivity contribution is -0.146. The standard InChI is InChI=1S/C21H20N2O2.C21H21NO2S.C18H15ClN2O2S.C18H23NO2S.C17H15N3OS.C17H19NO2/c1-17-7-9-20(10-8-17)25-16-21(24)23(19-5-3-2-4-6-19)15-18-11-13-22-14-12-18;1-16-8-10-19(11-9-16)24-15-21(23)22(18-6-4-3-5-7-18)14-20-17(2)12-13-25-20;19-14-5-3-6-15(11-14)23-13-18(22)21(12-16-7-4-10-24-16)17-8-1-2-9-20-17;1-5-19(13-16-7-6-12-22-16)17(20)18(3,4)21-15-10-8-14(2)9-11-15;21-17(9-8-14-5-2-1-3-6-14)20(15-11-18-19-12-15)13-16-7-4-10-22-16;1-3-18(12-16-10-11-20-13-16)17(19)9-8-15-6-4-14(2)5-7-15/h2-14H,15-16H2,1H3;3-13H,14-15H2,1-2H3;1-11H,12-13H2;6-12H,5,13H2,1-4H3;1-12H,13H2,(H,18,19);4-11,13H,3,12H2,1-2H3/b;;;;2*9-8+. The molecule has 8 heterocycles. The number of furan rings is 1. The number of aryl methyl sites for hydroxylation is 5. The number of aromatic nitrogens is 4. The van der Waals surface area contributed by atoms with Crippen LogP contribution in [0.2, 0.25) is 5.02 Å². The number of carbonyl (C=O) groups excluding carboxylic acids is 6. The van der Waals surface area contributed by atoms with Crippen LogP contribution in [0.15, 0.2) is 373 Å². The van der Waals surface area contributed by atoms with Crippen LogP contribution >= 0.6 is 56.9 Å². The molecule has 0 spiro atoms. The van der Waals surface area contributed by atoms with E-state index in [-0.39, 0.29) is 55.3 Å². The van der Waals surface area contributed by atoms with E-state index >= 15 is 0 Å². The molecule has 0 fully saturated rings. The number of likely N-dealkylation sites (N-methyl/N-ethyl adjacent to an activating group) is 2. The summed E-state index contributed by atoms with van der Waals surface area (Å²) in [5.41, 5.74) is 11.6. The minimum atomic E-state index is -0.886. The van der Waals surface area contributed by atoms with E-state index in [1.54, 1.807) is 150 Å². The number of aromatic amines is 1. The highest BCUT2D eigenvalue weighted by Gasteiger charge is 2.34. The number of para-hydroxylation sites is 2. The van der Waals surface area contributed by atoms with E-state index in [1.165, 1.54) is 26.4 Å². The highest BCUT2D eigenvalue weighted by atomic mass is 35.5. The number of ether oxygens (including phenoxy) is 4. The fraction of sp³-hybridized carbons (Fsp3) is 0.188. The Morgan fingerprint density at radius 3 is 1.40 bits per heavy atom. The second kappa shape index (κ2) is 55.2. The van der Waals surface area contributed by atoms with Gasteiger partial charge in [-0.05, 0) is 252 Å². The number of rotatable bonds is 34. The van der Waals surface area contributed by atoms with Gasteiger partial charge >= 0.3 is 0 Å². The predicted octanol–water partition coefficient (Wildman–Crippen LogP) is 25.0. The number of benzene rings is 8. The molecule has 0 bridgehead atoms. The zero-order chi connectivity index (χ0) is 97.6. The van der Waals surface area contributed by atoms with Crippen molar-refractivity contribution in [1.82, 2.24) is 30.0 Å². The number of hydrogen-bond donors (Lipinski definition) is 1. The average Bonchev–Trinajstić information content (AvgIpc) is 0.849. The minimum Gasteiger partial charge on any atom is -0.484 e. The van der Waals surface area contributed by atoms with Crippen molar-refractivity contribution in [2.45, 2.75) is 107 Å². The molecule has 8 aromatic carbocycles. The van der Waals surface area contributed by atoms with Crippen molar-refractivity contribution in [3.63, 3.8) is 0 Å². The van der Waals surface area contributed by atoms with Crippen molar-refractivity contribution in [2.24, 2.45) is 0 Å². The van der Waals surface area contributed by atoms with Crippen LogP contribution in [0.5, 0.6) is 23.0 Å². The predicted molar refractivity (Wildman–Crippen MR) is 559 cm³/mol. The summed E-state index contributed by atoms with van der Waals surface area (Å²) in [6, 6.07) is 92.6. The summed E-state index contributed by atoms with van der Waals surface area (Å²) in [5.74, 6) is 2.91. The summed E-state index contributed by atoms with van der Waals surface area (Å²) in [6.45, 7) is 22.3. The molecule has 0 aliphatic carbocycles. The number of halogens is 1. The molecule has 6 amide bonds. The lowest BCUT2D eigenvalue weighted by Crippen LogP contribution is -2.48. The largest absolute Gasteiger partial charge is 0.484 e. The first-order valence-electron chi connectivity index (χ1n) is 44.8. The van der Waals surface area contributed by atoms with E-state index < -0.39 is 5.60 Å². The van der Waals surface area contributed by atoms with Gasteiger partial charge in [0.15, 0.2) is 25.4 Å². The van der Waals surface area contributed by atoms with E-state index in [0.29, 0.717) is 80.4 Å². The van der Waals surface area contributed by atoms with Gasteiger partial charge in [0.1, 0.15) is 28.8 Å². The number of carbonyl (C=O) groups is 6. The van der Waals surface area contributed by atoms with E-state index in [2.05, 4.69) is 44.6 Å². The summed E-state index contributed by atoms with van der Waals surface area (Å²) < 4.78 is 27.9. The van der Waals surface area contributed by atoms with Gasteiger partial charge in [-0.3, -0.25) is 43.7 Å². The van der Waals surface area contributed by atoms with Gasteiger partial charge in [0.25, 0.3) is 29.5 Å². The molecule has 26 heteroatoms. The van der Waals surface area contributed by atoms with Gasteiger partial charge in [-0.25, -0.2) is 4.98 Å². The van der Waals surface area contributed by atoms with Gasteiger partial charge in [-0.2, -0.15) is 5.10 Å². The third kappa shape index (κ3) is 34.8. The summed E-state index contributed by atoms with van der Waals surface area (Å²) in [6.07, 6.45) is 18.7. The molecule has 21 nitrogen and oxygen atoms in total. The van der Waals surface area contributed by atoms with E-state index in [0.717, 1.165) is 65.9 Å². The Kier molecular flexibility index (Phi) is 41.5. The molecule has 0 aliphatic rings. The van der Waals surface area contributed by atoms with Crippen LogP contribution < -0.4 is 38.5 Å². The van der Waals surface area contributed by atoms with Crippen LogP contribution in [0.25, 0.3) is 12.2 Å². The molecule has 0 radical (unpaired) electrons. The molecule has 0 aliphatic heterocycles. The molecular formula is C112H113ClN10O11S4. The Morgan fingerprint density at radius 1 is 0.420 bits per heavy atom. The van der Waals surface area contributed by atoms with Crippen LogP contribution in [0.3, 0.4) is 0 Å².